The zero-order chi connectivity index (χ0) is 18.3. The second-order valence-electron chi connectivity index (χ2n) is 8.34. The van der Waals surface area contributed by atoms with Crippen molar-refractivity contribution in [2.45, 2.75) is 37.8 Å². The third-order valence-electron chi connectivity index (χ3n) is 6.58. The number of hydrogen-bond donors (Lipinski definition) is 0. The zero-order valence-corrected chi connectivity index (χ0v) is 15.5. The van der Waals surface area contributed by atoms with Crippen LogP contribution in [0.15, 0.2) is 54.6 Å². The van der Waals surface area contributed by atoms with Crippen LogP contribution in [-0.4, -0.2) is 30.7 Å². The van der Waals surface area contributed by atoms with Crippen LogP contribution in [0.4, 0.5) is 8.78 Å². The van der Waals surface area contributed by atoms with Crippen LogP contribution in [-0.2, 0) is 0 Å². The minimum Gasteiger partial charge on any atom is -0.324 e. The van der Waals surface area contributed by atoms with E-state index in [-0.39, 0.29) is 11.6 Å². The Morgan fingerprint density at radius 2 is 1.23 bits per heavy atom. The summed E-state index contributed by atoms with van der Waals surface area (Å²) in [7, 11) is 4.73. The van der Waals surface area contributed by atoms with E-state index in [0.717, 1.165) is 33.3 Å². The first-order valence-electron chi connectivity index (χ1n) is 9.50. The smallest absolute Gasteiger partial charge is 0.123 e. The number of hydrogen-bond acceptors (Lipinski definition) is 0. The van der Waals surface area contributed by atoms with Gasteiger partial charge in [-0.15, -0.1) is 0 Å². The van der Waals surface area contributed by atoms with Gasteiger partial charge in [-0.1, -0.05) is 30.3 Å². The minimum atomic E-state index is -0.234. The van der Waals surface area contributed by atoms with Gasteiger partial charge < -0.3 is 4.48 Å². The van der Waals surface area contributed by atoms with Gasteiger partial charge in [-0.3, -0.25) is 0 Å². The van der Waals surface area contributed by atoms with E-state index in [1.165, 1.54) is 49.9 Å². The van der Waals surface area contributed by atoms with Gasteiger partial charge in [0, 0.05) is 25.7 Å². The van der Waals surface area contributed by atoms with Crippen molar-refractivity contribution in [1.82, 2.24) is 0 Å². The molecule has 2 fully saturated rings. The fourth-order valence-electron chi connectivity index (χ4n) is 4.91. The van der Waals surface area contributed by atoms with Crippen molar-refractivity contribution in [3.05, 3.63) is 77.4 Å². The van der Waals surface area contributed by atoms with Crippen LogP contribution in [0.5, 0.6) is 0 Å². The summed E-state index contributed by atoms with van der Waals surface area (Å²) in [5.41, 5.74) is 3.07. The Bertz CT molecular complexity index is 742. The van der Waals surface area contributed by atoms with E-state index in [2.05, 4.69) is 20.2 Å². The molecule has 2 atom stereocenters. The number of benzene rings is 2. The minimum absolute atomic E-state index is 0.234. The molecule has 2 bridgehead atoms. The molecule has 0 saturated carbocycles. The highest BCUT2D eigenvalue weighted by atomic mass is 19.1. The van der Waals surface area contributed by atoms with Gasteiger partial charge in [-0.05, 0) is 46.9 Å². The third kappa shape index (κ3) is 3.21. The molecule has 1 nitrogen and oxygen atoms in total. The van der Waals surface area contributed by atoms with Crippen LogP contribution in [0.25, 0.3) is 5.57 Å². The summed E-state index contributed by atoms with van der Waals surface area (Å²) in [6.07, 6.45) is 7.35. The molecule has 2 saturated heterocycles. The third-order valence-corrected chi connectivity index (χ3v) is 6.58. The Balaban J connectivity index is 1.70. The van der Waals surface area contributed by atoms with Gasteiger partial charge in [-0.25, -0.2) is 8.78 Å². The van der Waals surface area contributed by atoms with Crippen LogP contribution < -0.4 is 0 Å². The number of rotatable bonds is 3. The zero-order valence-electron chi connectivity index (χ0n) is 15.5. The molecule has 2 heterocycles. The molecule has 3 heteroatoms. The summed E-state index contributed by atoms with van der Waals surface area (Å²) in [5, 5.41) is 0. The number of nitrogens with zero attached hydrogens (tertiary/aromatic N) is 1. The Morgan fingerprint density at radius 1 is 0.808 bits per heavy atom. The van der Waals surface area contributed by atoms with E-state index < -0.39 is 0 Å². The number of quaternary nitrogens is 1. The molecule has 0 radical (unpaired) electrons. The lowest BCUT2D eigenvalue weighted by atomic mass is 9.85. The number of fused-ring (bicyclic) bond motifs is 2. The Labute approximate surface area is 154 Å². The molecular formula is C23H26F2N+. The molecule has 2 unspecified atom stereocenters. The molecule has 2 aromatic carbocycles. The quantitative estimate of drug-likeness (QED) is 0.646. The monoisotopic (exact) mass is 354 g/mol. The maximum Gasteiger partial charge on any atom is 0.123 e. The lowest BCUT2D eigenvalue weighted by molar-refractivity contribution is -0.931. The summed E-state index contributed by atoms with van der Waals surface area (Å²) in [6, 6.07) is 14.7. The van der Waals surface area contributed by atoms with E-state index in [1.54, 1.807) is 0 Å². The van der Waals surface area contributed by atoms with Crippen molar-refractivity contribution < 1.29 is 13.3 Å². The van der Waals surface area contributed by atoms with Crippen molar-refractivity contribution in [2.75, 3.05) is 14.1 Å². The molecule has 0 amide bonds. The molecule has 4 rings (SSSR count). The molecule has 136 valence electrons. The lowest BCUT2D eigenvalue weighted by Crippen LogP contribution is -2.54. The lowest BCUT2D eigenvalue weighted by Gasteiger charge is -2.44. The molecule has 0 aromatic heterocycles. The van der Waals surface area contributed by atoms with E-state index in [1.807, 2.05) is 24.3 Å². The maximum absolute atomic E-state index is 13.4. The number of allylic oxidation sites excluding steroid dienone is 1. The molecule has 2 aliphatic rings. The highest BCUT2D eigenvalue weighted by Crippen LogP contribution is 2.43. The molecule has 2 aliphatic heterocycles. The Hall–Kier alpha value is -2.00. The highest BCUT2D eigenvalue weighted by Gasteiger charge is 2.48. The summed E-state index contributed by atoms with van der Waals surface area (Å²) < 4.78 is 27.9. The number of halogens is 2. The topological polar surface area (TPSA) is 0 Å². The summed E-state index contributed by atoms with van der Waals surface area (Å²) in [6.45, 7) is 0. The first-order valence-corrected chi connectivity index (χ1v) is 9.50. The number of piperidine rings is 1. The van der Waals surface area contributed by atoms with Crippen LogP contribution >= 0.6 is 0 Å². The first-order chi connectivity index (χ1) is 12.4. The van der Waals surface area contributed by atoms with Crippen LogP contribution in [0, 0.1) is 17.6 Å². The predicted molar refractivity (Wildman–Crippen MR) is 102 cm³/mol. The van der Waals surface area contributed by atoms with E-state index >= 15 is 0 Å². The van der Waals surface area contributed by atoms with Crippen LogP contribution in [0.1, 0.15) is 36.8 Å². The van der Waals surface area contributed by atoms with Crippen LogP contribution in [0.2, 0.25) is 0 Å². The fraction of sp³-hybridized carbons (Fsp3) is 0.391. The van der Waals surface area contributed by atoms with Crippen molar-refractivity contribution in [3.8, 4) is 0 Å². The molecule has 26 heavy (non-hydrogen) atoms. The van der Waals surface area contributed by atoms with Gasteiger partial charge in [0.05, 0.1) is 26.2 Å². The largest absolute Gasteiger partial charge is 0.324 e. The Morgan fingerprint density at radius 3 is 1.65 bits per heavy atom. The van der Waals surface area contributed by atoms with E-state index in [9.17, 15) is 8.78 Å². The summed E-state index contributed by atoms with van der Waals surface area (Å²) >= 11 is 0. The predicted octanol–water partition coefficient (Wildman–Crippen LogP) is 5.41. The molecule has 0 N–H and O–H groups in total. The summed E-state index contributed by atoms with van der Waals surface area (Å²) in [4.78, 5) is 0. The van der Waals surface area contributed by atoms with Gasteiger partial charge in [-0.2, -0.15) is 0 Å². The van der Waals surface area contributed by atoms with Crippen molar-refractivity contribution in [3.63, 3.8) is 0 Å². The summed E-state index contributed by atoms with van der Waals surface area (Å²) in [5.74, 6) is 0.0488. The molecule has 0 spiro atoms. The second-order valence-corrected chi connectivity index (χ2v) is 8.34. The van der Waals surface area contributed by atoms with E-state index in [4.69, 9.17) is 0 Å². The van der Waals surface area contributed by atoms with Gasteiger partial charge in [0.25, 0.3) is 0 Å². The van der Waals surface area contributed by atoms with Gasteiger partial charge >= 0.3 is 0 Å². The van der Waals surface area contributed by atoms with Crippen molar-refractivity contribution >= 4 is 5.57 Å². The SMILES string of the molecule is C[N+]1(C)C2CCC1CC(C=C(c1ccc(F)cc1)c1ccc(F)cc1)C2. The Kier molecular flexibility index (Phi) is 4.44. The average molecular weight is 354 g/mol. The normalized spacial score (nSPS) is 26.5. The second kappa shape index (κ2) is 6.62. The standard InChI is InChI=1S/C23H26F2N/c1-26(2)21-11-12-22(26)14-16(13-21)15-23(17-3-7-19(24)8-4-17)18-5-9-20(25)10-6-18/h3-10,15-16,21-22H,11-14H2,1-2H3/q+1. The fourth-order valence-corrected chi connectivity index (χ4v) is 4.91. The van der Waals surface area contributed by atoms with Gasteiger partial charge in [0.2, 0.25) is 0 Å². The van der Waals surface area contributed by atoms with Gasteiger partial charge in [0.1, 0.15) is 11.6 Å². The van der Waals surface area contributed by atoms with Crippen molar-refractivity contribution in [1.29, 1.82) is 0 Å². The van der Waals surface area contributed by atoms with Crippen LogP contribution in [0.3, 0.4) is 0 Å². The average Bonchev–Trinajstić information content (AvgIpc) is 2.78. The molecule has 0 aliphatic carbocycles. The van der Waals surface area contributed by atoms with E-state index in [0.29, 0.717) is 5.92 Å². The molecular weight excluding hydrogens is 328 g/mol. The first kappa shape index (κ1) is 17.4. The maximum atomic E-state index is 13.4. The van der Waals surface area contributed by atoms with Gasteiger partial charge in [0.15, 0.2) is 0 Å². The molecule has 2 aromatic rings. The highest BCUT2D eigenvalue weighted by molar-refractivity contribution is 5.79. The van der Waals surface area contributed by atoms with Crippen molar-refractivity contribution in [2.24, 2.45) is 5.92 Å².